The van der Waals surface area contributed by atoms with Gasteiger partial charge in [-0.3, -0.25) is 4.79 Å². The average Bonchev–Trinajstić information content (AvgIpc) is 2.79. The first-order valence-electron chi connectivity index (χ1n) is 10.3. The van der Waals surface area contributed by atoms with Gasteiger partial charge in [0.05, 0.1) is 23.9 Å². The molecule has 2 N–H and O–H groups in total. The fourth-order valence-electron chi connectivity index (χ4n) is 3.56. The molecule has 31 heavy (non-hydrogen) atoms. The van der Waals surface area contributed by atoms with Crippen molar-refractivity contribution in [3.63, 3.8) is 0 Å². The number of rotatable bonds is 8. The summed E-state index contributed by atoms with van der Waals surface area (Å²) < 4.78 is 10.7. The Labute approximate surface area is 181 Å². The number of ether oxygens (including phenoxy) is 2. The van der Waals surface area contributed by atoms with Crippen molar-refractivity contribution in [3.05, 3.63) is 83.1 Å². The number of hydrogen-bond acceptors (Lipinski definition) is 5. The minimum atomic E-state index is -0.631. The predicted molar refractivity (Wildman–Crippen MR) is 115 cm³/mol. The zero-order valence-electron chi connectivity index (χ0n) is 17.6. The van der Waals surface area contributed by atoms with E-state index in [1.54, 1.807) is 6.92 Å². The van der Waals surface area contributed by atoms with Crippen LogP contribution in [0.25, 0.3) is 0 Å². The fraction of sp³-hybridized carbons (Fsp3) is 0.292. The van der Waals surface area contributed by atoms with Gasteiger partial charge in [-0.1, -0.05) is 67.6 Å². The number of amides is 2. The summed E-state index contributed by atoms with van der Waals surface area (Å²) in [7, 11) is 0. The van der Waals surface area contributed by atoms with Crippen LogP contribution in [-0.2, 0) is 19.1 Å². The smallest absolute Gasteiger partial charge is 0.338 e. The third kappa shape index (κ3) is 5.31. The lowest BCUT2D eigenvalue weighted by atomic mass is 9.91. The molecular weight excluding hydrogens is 396 g/mol. The van der Waals surface area contributed by atoms with Gasteiger partial charge in [0.1, 0.15) is 12.5 Å². The van der Waals surface area contributed by atoms with Crippen molar-refractivity contribution < 1.29 is 23.9 Å². The highest BCUT2D eigenvalue weighted by Gasteiger charge is 2.33. The average molecular weight is 422 g/mol. The van der Waals surface area contributed by atoms with Gasteiger partial charge in [0.2, 0.25) is 0 Å². The van der Waals surface area contributed by atoms with Crippen LogP contribution in [0.2, 0.25) is 0 Å². The number of benzene rings is 2. The number of carbonyl (C=O) groups excluding carboxylic acids is 3. The van der Waals surface area contributed by atoms with Gasteiger partial charge in [-0.15, -0.1) is 0 Å². The zero-order chi connectivity index (χ0) is 22.2. The van der Waals surface area contributed by atoms with Crippen molar-refractivity contribution in [2.24, 2.45) is 0 Å². The second kappa shape index (κ2) is 10.4. The van der Waals surface area contributed by atoms with Gasteiger partial charge in [0.25, 0.3) is 0 Å². The summed E-state index contributed by atoms with van der Waals surface area (Å²) >= 11 is 0. The van der Waals surface area contributed by atoms with E-state index >= 15 is 0 Å². The van der Waals surface area contributed by atoms with Crippen LogP contribution in [-0.4, -0.2) is 37.2 Å². The number of nitrogens with one attached hydrogen (secondary N) is 2. The van der Waals surface area contributed by atoms with E-state index in [9.17, 15) is 14.4 Å². The summed E-state index contributed by atoms with van der Waals surface area (Å²) in [5, 5.41) is 5.29. The normalized spacial score (nSPS) is 15.8. The molecule has 0 saturated heterocycles. The maximum Gasteiger partial charge on any atom is 0.338 e. The third-order valence-corrected chi connectivity index (χ3v) is 5.01. The van der Waals surface area contributed by atoms with E-state index in [1.807, 2.05) is 67.6 Å². The molecule has 162 valence electrons. The van der Waals surface area contributed by atoms with E-state index in [1.165, 1.54) is 0 Å². The predicted octanol–water partition coefficient (Wildman–Crippen LogP) is 3.27. The molecule has 7 nitrogen and oxygen atoms in total. The Kier molecular flexibility index (Phi) is 7.43. The van der Waals surface area contributed by atoms with Gasteiger partial charge >= 0.3 is 18.0 Å². The topological polar surface area (TPSA) is 93.7 Å². The largest absolute Gasteiger partial charge is 0.463 e. The van der Waals surface area contributed by atoms with E-state index in [4.69, 9.17) is 9.47 Å². The minimum Gasteiger partial charge on any atom is -0.463 e. The van der Waals surface area contributed by atoms with Crippen LogP contribution >= 0.6 is 0 Å². The van der Waals surface area contributed by atoms with Crippen LogP contribution in [0.4, 0.5) is 4.79 Å². The molecule has 3 rings (SSSR count). The van der Waals surface area contributed by atoms with E-state index in [0.717, 1.165) is 11.1 Å². The quantitative estimate of drug-likeness (QED) is 0.637. The molecule has 7 heteroatoms. The van der Waals surface area contributed by atoms with Crippen molar-refractivity contribution in [2.75, 3.05) is 13.2 Å². The Morgan fingerprint density at radius 1 is 0.935 bits per heavy atom. The summed E-state index contributed by atoms with van der Waals surface area (Å²) in [6.45, 7) is 3.51. The molecule has 0 fully saturated rings. The Morgan fingerprint density at radius 2 is 1.52 bits per heavy atom. The summed E-state index contributed by atoms with van der Waals surface area (Å²) in [4.78, 5) is 37.7. The second-order valence-electron chi connectivity index (χ2n) is 7.03. The molecule has 2 aromatic rings. The molecule has 1 aliphatic rings. The monoisotopic (exact) mass is 422 g/mol. The van der Waals surface area contributed by atoms with Crippen LogP contribution in [0.15, 0.2) is 71.9 Å². The highest BCUT2D eigenvalue weighted by Crippen LogP contribution is 2.26. The summed E-state index contributed by atoms with van der Waals surface area (Å²) in [6.07, 6.45) is 0.496. The molecule has 2 amide bonds. The molecule has 0 aliphatic carbocycles. The summed E-state index contributed by atoms with van der Waals surface area (Å²) in [6, 6.07) is 17.7. The van der Waals surface area contributed by atoms with Gasteiger partial charge in [0.15, 0.2) is 0 Å². The standard InChI is InChI=1S/C24H26N2O5/c1-3-18-21(23(28)30-4-2)19(26-24(29)25-18)15-31-22(27)20(16-11-7-5-8-12-16)17-13-9-6-10-14-17/h5-14,18,20H,3-4,15H2,1-2H3,(H2,25,26,29)/t18-/m0/s1. The van der Waals surface area contributed by atoms with Crippen LogP contribution in [0.5, 0.6) is 0 Å². The first kappa shape index (κ1) is 22.1. The Hall–Kier alpha value is -3.61. The maximum absolute atomic E-state index is 13.1. The summed E-state index contributed by atoms with van der Waals surface area (Å²) in [5.41, 5.74) is 2.09. The van der Waals surface area contributed by atoms with Gasteiger partial charge in [-0.2, -0.15) is 0 Å². The third-order valence-electron chi connectivity index (χ3n) is 5.01. The lowest BCUT2D eigenvalue weighted by Crippen LogP contribution is -2.51. The molecular formula is C24H26N2O5. The van der Waals surface area contributed by atoms with Gasteiger partial charge in [0, 0.05) is 0 Å². The van der Waals surface area contributed by atoms with Crippen molar-refractivity contribution in [1.29, 1.82) is 0 Å². The van der Waals surface area contributed by atoms with Crippen molar-refractivity contribution in [3.8, 4) is 0 Å². The first-order chi connectivity index (χ1) is 15.0. The molecule has 0 bridgehead atoms. The molecule has 0 saturated carbocycles. The number of urea groups is 1. The number of hydrogen-bond donors (Lipinski definition) is 2. The molecule has 1 heterocycles. The SMILES string of the molecule is CCOC(=O)C1=C(COC(=O)C(c2ccccc2)c2ccccc2)NC(=O)N[C@H]1CC. The highest BCUT2D eigenvalue weighted by molar-refractivity contribution is 5.95. The van der Waals surface area contributed by atoms with E-state index < -0.39 is 29.9 Å². The summed E-state index contributed by atoms with van der Waals surface area (Å²) in [5.74, 6) is -1.65. The van der Waals surface area contributed by atoms with E-state index in [2.05, 4.69) is 10.6 Å². The molecule has 0 unspecified atom stereocenters. The highest BCUT2D eigenvalue weighted by atomic mass is 16.5. The number of esters is 2. The Bertz CT molecular complexity index is 917. The van der Waals surface area contributed by atoms with E-state index in [0.29, 0.717) is 6.42 Å². The second-order valence-corrected chi connectivity index (χ2v) is 7.03. The van der Waals surface area contributed by atoms with Gasteiger partial charge in [-0.25, -0.2) is 9.59 Å². The van der Waals surface area contributed by atoms with Crippen LogP contribution < -0.4 is 10.6 Å². The molecule has 2 aromatic carbocycles. The van der Waals surface area contributed by atoms with E-state index in [-0.39, 0.29) is 24.5 Å². The van der Waals surface area contributed by atoms with Crippen molar-refractivity contribution in [2.45, 2.75) is 32.2 Å². The van der Waals surface area contributed by atoms with Gasteiger partial charge in [-0.05, 0) is 24.5 Å². The molecule has 1 aliphatic heterocycles. The minimum absolute atomic E-state index is 0.198. The van der Waals surface area contributed by atoms with Crippen LogP contribution in [0, 0.1) is 0 Å². The van der Waals surface area contributed by atoms with Crippen molar-refractivity contribution in [1.82, 2.24) is 10.6 Å². The Balaban J connectivity index is 1.87. The number of carbonyl (C=O) groups is 3. The molecule has 1 atom stereocenters. The fourth-order valence-corrected chi connectivity index (χ4v) is 3.56. The molecule has 0 radical (unpaired) electrons. The molecule has 0 spiro atoms. The maximum atomic E-state index is 13.1. The Morgan fingerprint density at radius 3 is 2.03 bits per heavy atom. The molecule has 0 aromatic heterocycles. The van der Waals surface area contributed by atoms with Gasteiger partial charge < -0.3 is 20.1 Å². The van der Waals surface area contributed by atoms with Crippen molar-refractivity contribution >= 4 is 18.0 Å². The lowest BCUT2D eigenvalue weighted by Gasteiger charge is -2.28. The van der Waals surface area contributed by atoms with Crippen LogP contribution in [0.3, 0.4) is 0 Å². The van der Waals surface area contributed by atoms with Crippen LogP contribution in [0.1, 0.15) is 37.3 Å². The first-order valence-corrected chi connectivity index (χ1v) is 10.3. The zero-order valence-corrected chi connectivity index (χ0v) is 17.6. The lowest BCUT2D eigenvalue weighted by molar-refractivity contribution is -0.144.